The van der Waals surface area contributed by atoms with Crippen molar-refractivity contribution in [3.63, 3.8) is 0 Å². The molecule has 0 spiro atoms. The highest BCUT2D eigenvalue weighted by Crippen LogP contribution is 2.29. The summed E-state index contributed by atoms with van der Waals surface area (Å²) < 4.78 is 4.72. The number of hydrogen-bond donors (Lipinski definition) is 0. The van der Waals surface area contributed by atoms with E-state index >= 15 is 0 Å². The highest BCUT2D eigenvalue weighted by Gasteiger charge is 2.34. The first-order chi connectivity index (χ1) is 9.31. The van der Waals surface area contributed by atoms with Crippen molar-refractivity contribution in [1.82, 2.24) is 0 Å². The third-order valence-corrected chi connectivity index (χ3v) is 3.41. The maximum Gasteiger partial charge on any atom is 0.346 e. The fourth-order valence-electron chi connectivity index (χ4n) is 2.57. The van der Waals surface area contributed by atoms with Crippen molar-refractivity contribution in [1.29, 1.82) is 0 Å². The smallest absolute Gasteiger partial charge is 0.346 e. The Hall–Kier alpha value is -2.16. The molecule has 0 aliphatic carbocycles. The molecule has 1 aromatic carbocycles. The van der Waals surface area contributed by atoms with Crippen LogP contribution in [0.15, 0.2) is 28.9 Å². The summed E-state index contributed by atoms with van der Waals surface area (Å²) >= 11 is 0. The van der Waals surface area contributed by atoms with Gasteiger partial charge in [0.05, 0.1) is 11.1 Å². The number of carbonyl (C=O) groups is 2. The van der Waals surface area contributed by atoms with Gasteiger partial charge in [-0.15, -0.1) is 0 Å². The summed E-state index contributed by atoms with van der Waals surface area (Å²) in [5.41, 5.74) is 5.82. The SMILES string of the molecule is CC(C)=C1C(=O)OC(=O)/C1=C/c1c(C)cc(C)cc1C. The predicted molar refractivity (Wildman–Crippen MR) is 78.1 cm³/mol. The molecule has 1 aromatic rings. The first-order valence-electron chi connectivity index (χ1n) is 6.55. The lowest BCUT2D eigenvalue weighted by molar-refractivity contribution is -0.149. The average Bonchev–Trinajstić information content (AvgIpc) is 2.58. The number of esters is 2. The minimum Gasteiger partial charge on any atom is -0.386 e. The summed E-state index contributed by atoms with van der Waals surface area (Å²) in [5.74, 6) is -1.12. The maximum atomic E-state index is 11.8. The predicted octanol–water partition coefficient (Wildman–Crippen LogP) is 3.42. The second-order valence-electron chi connectivity index (χ2n) is 5.42. The van der Waals surface area contributed by atoms with E-state index in [1.54, 1.807) is 19.9 Å². The summed E-state index contributed by atoms with van der Waals surface area (Å²) in [6, 6.07) is 4.12. The summed E-state index contributed by atoms with van der Waals surface area (Å²) in [5, 5.41) is 0. The van der Waals surface area contributed by atoms with Crippen LogP contribution in [0, 0.1) is 20.8 Å². The monoisotopic (exact) mass is 270 g/mol. The number of carbonyl (C=O) groups excluding carboxylic acids is 2. The van der Waals surface area contributed by atoms with E-state index in [1.165, 1.54) is 5.56 Å². The van der Waals surface area contributed by atoms with Gasteiger partial charge in [0.2, 0.25) is 0 Å². The molecule has 0 unspecified atom stereocenters. The molecular weight excluding hydrogens is 252 g/mol. The van der Waals surface area contributed by atoms with E-state index in [2.05, 4.69) is 12.1 Å². The molecule has 0 radical (unpaired) electrons. The Labute approximate surface area is 118 Å². The van der Waals surface area contributed by atoms with Gasteiger partial charge in [0, 0.05) is 0 Å². The zero-order valence-electron chi connectivity index (χ0n) is 12.5. The lowest BCUT2D eigenvalue weighted by Crippen LogP contribution is -1.97. The van der Waals surface area contributed by atoms with Crippen molar-refractivity contribution in [3.05, 3.63) is 51.1 Å². The van der Waals surface area contributed by atoms with Gasteiger partial charge in [0.15, 0.2) is 0 Å². The maximum absolute atomic E-state index is 11.8. The van der Waals surface area contributed by atoms with E-state index in [-0.39, 0.29) is 0 Å². The molecule has 0 saturated carbocycles. The van der Waals surface area contributed by atoms with E-state index in [0.29, 0.717) is 11.1 Å². The fraction of sp³-hybridized carbons (Fsp3) is 0.294. The first-order valence-corrected chi connectivity index (χ1v) is 6.55. The molecule has 2 rings (SSSR count). The van der Waals surface area contributed by atoms with Gasteiger partial charge in [-0.05, 0) is 57.4 Å². The van der Waals surface area contributed by atoms with Crippen molar-refractivity contribution in [3.8, 4) is 0 Å². The molecule has 104 valence electrons. The molecule has 1 heterocycles. The lowest BCUT2D eigenvalue weighted by atomic mass is 9.95. The average molecular weight is 270 g/mol. The summed E-state index contributed by atoms with van der Waals surface area (Å²) in [6.07, 6.45) is 1.76. The Kier molecular flexibility index (Phi) is 3.62. The fourth-order valence-corrected chi connectivity index (χ4v) is 2.57. The molecule has 1 aliphatic heterocycles. The molecule has 20 heavy (non-hydrogen) atoms. The van der Waals surface area contributed by atoms with Gasteiger partial charge in [-0.25, -0.2) is 9.59 Å². The third-order valence-electron chi connectivity index (χ3n) is 3.41. The zero-order chi connectivity index (χ0) is 15.0. The highest BCUT2D eigenvalue weighted by atomic mass is 16.6. The van der Waals surface area contributed by atoms with Gasteiger partial charge < -0.3 is 4.74 Å². The van der Waals surface area contributed by atoms with Crippen molar-refractivity contribution < 1.29 is 14.3 Å². The minimum absolute atomic E-state index is 0.352. The zero-order valence-corrected chi connectivity index (χ0v) is 12.5. The Morgan fingerprint density at radius 2 is 1.55 bits per heavy atom. The molecule has 3 nitrogen and oxygen atoms in total. The van der Waals surface area contributed by atoms with Crippen molar-refractivity contribution >= 4 is 18.0 Å². The van der Waals surface area contributed by atoms with Crippen LogP contribution >= 0.6 is 0 Å². The Bertz CT molecular complexity index is 648. The summed E-state index contributed by atoms with van der Waals surface area (Å²) in [4.78, 5) is 23.6. The highest BCUT2D eigenvalue weighted by molar-refractivity contribution is 6.20. The number of aryl methyl sites for hydroxylation is 3. The van der Waals surface area contributed by atoms with Crippen LogP contribution in [-0.2, 0) is 14.3 Å². The normalized spacial score (nSPS) is 16.9. The number of benzene rings is 1. The van der Waals surface area contributed by atoms with Gasteiger partial charge in [0.1, 0.15) is 0 Å². The van der Waals surface area contributed by atoms with E-state index in [9.17, 15) is 9.59 Å². The van der Waals surface area contributed by atoms with Crippen LogP contribution in [0.4, 0.5) is 0 Å². The van der Waals surface area contributed by atoms with E-state index in [4.69, 9.17) is 4.74 Å². The minimum atomic E-state index is -0.564. The molecule has 3 heteroatoms. The number of ether oxygens (including phenoxy) is 1. The van der Waals surface area contributed by atoms with Crippen LogP contribution in [-0.4, -0.2) is 11.9 Å². The summed E-state index contributed by atoms with van der Waals surface area (Å²) in [6.45, 7) is 9.63. The Morgan fingerprint density at radius 3 is 2.05 bits per heavy atom. The molecule has 0 atom stereocenters. The number of rotatable bonds is 1. The molecule has 0 bridgehead atoms. The van der Waals surface area contributed by atoms with Crippen LogP contribution in [0.25, 0.3) is 6.08 Å². The lowest BCUT2D eigenvalue weighted by Gasteiger charge is -2.08. The van der Waals surface area contributed by atoms with Gasteiger partial charge >= 0.3 is 11.9 Å². The van der Waals surface area contributed by atoms with Crippen LogP contribution in [0.5, 0.6) is 0 Å². The van der Waals surface area contributed by atoms with E-state index in [0.717, 1.165) is 22.3 Å². The molecule has 1 aliphatic rings. The van der Waals surface area contributed by atoms with Gasteiger partial charge in [-0.1, -0.05) is 23.3 Å². The number of allylic oxidation sites excluding steroid dienone is 1. The van der Waals surface area contributed by atoms with Gasteiger partial charge in [-0.3, -0.25) is 0 Å². The van der Waals surface area contributed by atoms with Crippen molar-refractivity contribution in [2.24, 2.45) is 0 Å². The first kappa shape index (κ1) is 14.3. The summed E-state index contributed by atoms with van der Waals surface area (Å²) in [7, 11) is 0. The molecule has 0 N–H and O–H groups in total. The van der Waals surface area contributed by atoms with E-state index < -0.39 is 11.9 Å². The number of cyclic esters (lactones) is 2. The quantitative estimate of drug-likeness (QED) is 0.446. The Balaban J connectivity index is 2.64. The largest absolute Gasteiger partial charge is 0.386 e. The van der Waals surface area contributed by atoms with E-state index in [1.807, 2.05) is 20.8 Å². The van der Waals surface area contributed by atoms with Crippen LogP contribution in [0.2, 0.25) is 0 Å². The van der Waals surface area contributed by atoms with Crippen LogP contribution < -0.4 is 0 Å². The topological polar surface area (TPSA) is 43.4 Å². The standard InChI is InChI=1S/C17H18O3/c1-9(2)15-14(16(18)20-17(15)19)8-13-11(4)6-10(3)7-12(13)5/h6-8H,1-5H3/b14-8+. The third kappa shape index (κ3) is 2.44. The Morgan fingerprint density at radius 1 is 1.00 bits per heavy atom. The molecular formula is C17H18O3. The molecule has 1 saturated heterocycles. The second kappa shape index (κ2) is 5.08. The molecule has 0 aromatic heterocycles. The van der Waals surface area contributed by atoms with Crippen LogP contribution in [0.3, 0.4) is 0 Å². The van der Waals surface area contributed by atoms with Gasteiger partial charge in [-0.2, -0.15) is 0 Å². The number of hydrogen-bond acceptors (Lipinski definition) is 3. The molecule has 0 amide bonds. The van der Waals surface area contributed by atoms with Crippen molar-refractivity contribution in [2.75, 3.05) is 0 Å². The second-order valence-corrected chi connectivity index (χ2v) is 5.42. The van der Waals surface area contributed by atoms with Crippen molar-refractivity contribution in [2.45, 2.75) is 34.6 Å². The van der Waals surface area contributed by atoms with Gasteiger partial charge in [0.25, 0.3) is 0 Å². The molecule has 1 fully saturated rings. The van der Waals surface area contributed by atoms with Crippen LogP contribution in [0.1, 0.15) is 36.1 Å².